The van der Waals surface area contributed by atoms with E-state index in [2.05, 4.69) is 25.8 Å². The first-order valence-electron chi connectivity index (χ1n) is 8.31. The van der Waals surface area contributed by atoms with E-state index in [1.54, 1.807) is 13.4 Å². The number of nitrogens with one attached hydrogen (secondary N) is 2. The van der Waals surface area contributed by atoms with Crippen LogP contribution in [0.4, 0.5) is 8.78 Å². The van der Waals surface area contributed by atoms with E-state index in [1.807, 2.05) is 18.4 Å². The van der Waals surface area contributed by atoms with Gasteiger partial charge in [-0.2, -0.15) is 0 Å². The normalized spacial score (nSPS) is 12.4. The van der Waals surface area contributed by atoms with Gasteiger partial charge >= 0.3 is 0 Å². The van der Waals surface area contributed by atoms with Gasteiger partial charge in [-0.3, -0.25) is 4.99 Å². The van der Waals surface area contributed by atoms with Crippen molar-refractivity contribution in [1.29, 1.82) is 0 Å². The van der Waals surface area contributed by atoms with Crippen LogP contribution in [0.3, 0.4) is 0 Å². The Bertz CT molecular complexity index is 719. The van der Waals surface area contributed by atoms with Crippen molar-refractivity contribution in [2.24, 2.45) is 4.99 Å². The molecule has 6 nitrogen and oxygen atoms in total. The van der Waals surface area contributed by atoms with Gasteiger partial charge in [-0.25, -0.2) is 8.78 Å². The van der Waals surface area contributed by atoms with Gasteiger partial charge in [-0.05, 0) is 11.6 Å². The van der Waals surface area contributed by atoms with Crippen molar-refractivity contribution >= 4 is 29.9 Å². The van der Waals surface area contributed by atoms with E-state index in [9.17, 15) is 8.78 Å². The molecule has 1 aromatic carbocycles. The van der Waals surface area contributed by atoms with E-state index in [0.717, 1.165) is 24.9 Å². The van der Waals surface area contributed by atoms with E-state index in [-0.39, 0.29) is 29.9 Å². The van der Waals surface area contributed by atoms with Gasteiger partial charge in [0, 0.05) is 45.1 Å². The highest BCUT2D eigenvalue weighted by atomic mass is 127. The Morgan fingerprint density at radius 1 is 1.31 bits per heavy atom. The number of rotatable bonds is 7. The molecule has 0 fully saturated rings. The summed E-state index contributed by atoms with van der Waals surface area (Å²) in [5, 5.41) is 14.3. The average molecular weight is 478 g/mol. The first-order chi connectivity index (χ1) is 12.0. The average Bonchev–Trinajstić information content (AvgIpc) is 3.05. The third-order valence-electron chi connectivity index (χ3n) is 3.95. The van der Waals surface area contributed by atoms with Crippen molar-refractivity contribution in [1.82, 2.24) is 25.4 Å². The molecule has 1 unspecified atom stereocenters. The molecule has 1 aromatic heterocycles. The molecule has 2 aromatic rings. The van der Waals surface area contributed by atoms with Gasteiger partial charge < -0.3 is 15.2 Å². The van der Waals surface area contributed by atoms with Crippen LogP contribution in [0.2, 0.25) is 0 Å². The summed E-state index contributed by atoms with van der Waals surface area (Å²) in [6, 6.07) is 3.65. The summed E-state index contributed by atoms with van der Waals surface area (Å²) in [5.41, 5.74) is 0.474. The van der Waals surface area contributed by atoms with E-state index < -0.39 is 11.6 Å². The minimum absolute atomic E-state index is 0. The molecule has 9 heteroatoms. The Morgan fingerprint density at radius 3 is 2.73 bits per heavy atom. The molecule has 0 saturated heterocycles. The van der Waals surface area contributed by atoms with Crippen molar-refractivity contribution in [2.45, 2.75) is 32.7 Å². The van der Waals surface area contributed by atoms with E-state index in [1.165, 1.54) is 12.1 Å². The molecular formula is C17H25F2IN6. The Hall–Kier alpha value is -1.78. The smallest absolute Gasteiger partial charge is 0.191 e. The summed E-state index contributed by atoms with van der Waals surface area (Å²) in [5.74, 6) is 0.339. The lowest BCUT2D eigenvalue weighted by atomic mass is 10.0. The standard InChI is InChI=1S/C17H24F2N6.HI/c1-4-16-24-23-11-25(16)8-7-21-17(20-3)22-10-12(2)14-6-5-13(18)9-15(14)19;/h5-6,9,11-12H,4,7-8,10H2,1-3H3,(H2,20,21,22);1H. The van der Waals surface area contributed by atoms with Gasteiger partial charge in [0.05, 0.1) is 0 Å². The van der Waals surface area contributed by atoms with Gasteiger partial charge in [-0.15, -0.1) is 34.2 Å². The van der Waals surface area contributed by atoms with E-state index in [0.29, 0.717) is 24.6 Å². The molecule has 2 N–H and O–H groups in total. The second-order valence-corrected chi connectivity index (χ2v) is 5.74. The summed E-state index contributed by atoms with van der Waals surface area (Å²) >= 11 is 0. The quantitative estimate of drug-likeness (QED) is 0.365. The zero-order valence-corrected chi connectivity index (χ0v) is 17.5. The van der Waals surface area contributed by atoms with Crippen LogP contribution in [0.15, 0.2) is 29.5 Å². The molecule has 26 heavy (non-hydrogen) atoms. The summed E-state index contributed by atoms with van der Waals surface area (Å²) in [4.78, 5) is 4.15. The molecule has 0 spiro atoms. The van der Waals surface area contributed by atoms with Crippen molar-refractivity contribution in [3.63, 3.8) is 0 Å². The minimum atomic E-state index is -0.570. The van der Waals surface area contributed by atoms with Crippen LogP contribution in [0.5, 0.6) is 0 Å². The molecule has 0 aliphatic heterocycles. The number of hydrogen-bond acceptors (Lipinski definition) is 3. The Morgan fingerprint density at radius 2 is 2.08 bits per heavy atom. The van der Waals surface area contributed by atoms with Crippen molar-refractivity contribution in [3.05, 3.63) is 47.5 Å². The molecule has 0 radical (unpaired) electrons. The summed E-state index contributed by atoms with van der Waals surface area (Å²) in [6.45, 7) is 5.77. The molecule has 144 valence electrons. The molecule has 0 saturated carbocycles. The molecule has 0 aliphatic rings. The van der Waals surface area contributed by atoms with Gasteiger partial charge in [-0.1, -0.05) is 19.9 Å². The summed E-state index contributed by atoms with van der Waals surface area (Å²) in [6.07, 6.45) is 2.53. The zero-order valence-electron chi connectivity index (χ0n) is 15.2. The maximum absolute atomic E-state index is 13.8. The fourth-order valence-corrected chi connectivity index (χ4v) is 2.52. The van der Waals surface area contributed by atoms with Gasteiger partial charge in [0.15, 0.2) is 5.96 Å². The molecule has 1 atom stereocenters. The van der Waals surface area contributed by atoms with Crippen LogP contribution in [0.1, 0.15) is 31.2 Å². The molecule has 1 heterocycles. The lowest BCUT2D eigenvalue weighted by molar-refractivity contribution is 0.555. The Balaban J connectivity index is 0.00000338. The van der Waals surface area contributed by atoms with E-state index in [4.69, 9.17) is 0 Å². The molecule has 0 amide bonds. The summed E-state index contributed by atoms with van der Waals surface area (Å²) < 4.78 is 28.8. The number of halogens is 3. The molecule has 0 bridgehead atoms. The van der Waals surface area contributed by atoms with Crippen LogP contribution in [-0.4, -0.2) is 40.9 Å². The fraction of sp³-hybridized carbons (Fsp3) is 0.471. The lowest BCUT2D eigenvalue weighted by Gasteiger charge is -2.17. The molecule has 0 aliphatic carbocycles. The molecule has 2 rings (SSSR count). The highest BCUT2D eigenvalue weighted by Crippen LogP contribution is 2.19. The first kappa shape index (κ1) is 22.3. The van der Waals surface area contributed by atoms with Crippen LogP contribution in [0, 0.1) is 11.6 Å². The summed E-state index contributed by atoms with van der Waals surface area (Å²) in [7, 11) is 1.68. The second kappa shape index (κ2) is 11.0. The van der Waals surface area contributed by atoms with Crippen LogP contribution in [-0.2, 0) is 13.0 Å². The van der Waals surface area contributed by atoms with Crippen molar-refractivity contribution in [2.75, 3.05) is 20.1 Å². The number of hydrogen-bond donors (Lipinski definition) is 2. The predicted octanol–water partition coefficient (Wildman–Crippen LogP) is 2.71. The number of guanidine groups is 1. The van der Waals surface area contributed by atoms with Crippen LogP contribution < -0.4 is 10.6 Å². The van der Waals surface area contributed by atoms with Crippen molar-refractivity contribution in [3.8, 4) is 0 Å². The number of aromatic nitrogens is 3. The van der Waals surface area contributed by atoms with Gasteiger partial charge in [0.25, 0.3) is 0 Å². The number of nitrogens with zero attached hydrogens (tertiary/aromatic N) is 4. The fourth-order valence-electron chi connectivity index (χ4n) is 2.52. The number of aliphatic imine (C=N–C) groups is 1. The van der Waals surface area contributed by atoms with Crippen LogP contribution in [0.25, 0.3) is 0 Å². The SMILES string of the molecule is CCc1nncn1CCNC(=NC)NCC(C)c1ccc(F)cc1F.I. The van der Waals surface area contributed by atoms with Gasteiger partial charge in [0.2, 0.25) is 0 Å². The Labute approximate surface area is 169 Å². The largest absolute Gasteiger partial charge is 0.356 e. The van der Waals surface area contributed by atoms with Crippen LogP contribution >= 0.6 is 24.0 Å². The lowest BCUT2D eigenvalue weighted by Crippen LogP contribution is -2.40. The maximum atomic E-state index is 13.8. The highest BCUT2D eigenvalue weighted by Gasteiger charge is 2.12. The van der Waals surface area contributed by atoms with Crippen molar-refractivity contribution < 1.29 is 8.78 Å². The maximum Gasteiger partial charge on any atom is 0.191 e. The predicted molar refractivity (Wildman–Crippen MR) is 109 cm³/mol. The topological polar surface area (TPSA) is 67.1 Å². The van der Waals surface area contributed by atoms with E-state index >= 15 is 0 Å². The highest BCUT2D eigenvalue weighted by molar-refractivity contribution is 14.0. The zero-order chi connectivity index (χ0) is 18.2. The minimum Gasteiger partial charge on any atom is -0.356 e. The first-order valence-corrected chi connectivity index (χ1v) is 8.31. The third kappa shape index (κ3) is 6.19. The second-order valence-electron chi connectivity index (χ2n) is 5.74. The monoisotopic (exact) mass is 478 g/mol. The number of benzene rings is 1. The molecular weight excluding hydrogens is 453 g/mol. The Kier molecular flexibility index (Phi) is 9.46. The third-order valence-corrected chi connectivity index (χ3v) is 3.95. The van der Waals surface area contributed by atoms with Gasteiger partial charge in [0.1, 0.15) is 23.8 Å². The number of aryl methyl sites for hydroxylation is 1.